The Hall–Kier alpha value is -1.43. The summed E-state index contributed by atoms with van der Waals surface area (Å²) in [4.78, 5) is 12.0. The second kappa shape index (κ2) is 7.44. The first-order chi connectivity index (χ1) is 11.5. The van der Waals surface area contributed by atoms with Crippen molar-refractivity contribution >= 4 is 5.97 Å². The first kappa shape index (κ1) is 19.9. The first-order valence-corrected chi connectivity index (χ1v) is 8.95. The average Bonchev–Trinajstić information content (AvgIpc) is 2.87. The molecule has 0 spiro atoms. The van der Waals surface area contributed by atoms with Crippen LogP contribution >= 0.6 is 0 Å². The minimum atomic E-state index is -1.14. The van der Waals surface area contributed by atoms with E-state index < -0.39 is 23.4 Å². The molecule has 2 aliphatic rings. The number of aliphatic hydroxyl groups is 3. The molecule has 1 aliphatic heterocycles. The molecule has 2 bridgehead atoms. The molecule has 2 rings (SSSR count). The summed E-state index contributed by atoms with van der Waals surface area (Å²) in [6.45, 7) is 9.35. The maximum Gasteiger partial charge on any atom is 0.334 e. The fourth-order valence-electron chi connectivity index (χ4n) is 3.16. The standard InChI is InChI=1S/C20H30O5/c1-13(2)20(24)8-5-15-12-16(25-18(15)22)11-14(3)17(21)6-7-19(4,23)9-10-20/h9-10,12-13,16-17,21,23-24H,3,5-8,11H2,1-2,4H3/b10-9+/t16-,17+,19-,20+/m0/s1. The predicted octanol–water partition coefficient (Wildman–Crippen LogP) is 2.41. The monoisotopic (exact) mass is 350 g/mol. The van der Waals surface area contributed by atoms with Crippen molar-refractivity contribution in [3.63, 3.8) is 0 Å². The first-order valence-electron chi connectivity index (χ1n) is 8.95. The molecular formula is C20H30O5. The molecule has 0 aromatic heterocycles. The molecule has 0 aromatic carbocycles. The lowest BCUT2D eigenvalue weighted by Crippen LogP contribution is -2.34. The highest BCUT2D eigenvalue weighted by molar-refractivity contribution is 5.90. The van der Waals surface area contributed by atoms with Crippen LogP contribution in [0.4, 0.5) is 0 Å². The number of hydrogen-bond acceptors (Lipinski definition) is 5. The Labute approximate surface area is 149 Å². The molecule has 0 fully saturated rings. The van der Waals surface area contributed by atoms with Crippen LogP contribution in [0.2, 0.25) is 0 Å². The Kier molecular flexibility index (Phi) is 5.92. The van der Waals surface area contributed by atoms with Crippen LogP contribution in [0.1, 0.15) is 52.9 Å². The van der Waals surface area contributed by atoms with Gasteiger partial charge in [0, 0.05) is 12.0 Å². The Bertz CT molecular complexity index is 587. The van der Waals surface area contributed by atoms with Crippen LogP contribution in [-0.2, 0) is 9.53 Å². The van der Waals surface area contributed by atoms with Crippen molar-refractivity contribution < 1.29 is 24.9 Å². The van der Waals surface area contributed by atoms with Gasteiger partial charge in [-0.3, -0.25) is 0 Å². The molecule has 0 saturated carbocycles. The molecule has 25 heavy (non-hydrogen) atoms. The zero-order chi connectivity index (χ0) is 18.8. The van der Waals surface area contributed by atoms with Gasteiger partial charge in [-0.1, -0.05) is 32.6 Å². The van der Waals surface area contributed by atoms with Gasteiger partial charge in [0.05, 0.1) is 17.3 Å². The van der Waals surface area contributed by atoms with Crippen LogP contribution in [-0.4, -0.2) is 44.7 Å². The van der Waals surface area contributed by atoms with Crippen molar-refractivity contribution in [1.29, 1.82) is 0 Å². The van der Waals surface area contributed by atoms with Gasteiger partial charge < -0.3 is 20.1 Å². The average molecular weight is 350 g/mol. The molecule has 1 aliphatic carbocycles. The van der Waals surface area contributed by atoms with Gasteiger partial charge in [0.1, 0.15) is 6.10 Å². The molecular weight excluding hydrogens is 320 g/mol. The summed E-state index contributed by atoms with van der Waals surface area (Å²) in [6.07, 6.45) is 5.60. The normalized spacial score (nSPS) is 38.9. The van der Waals surface area contributed by atoms with E-state index in [2.05, 4.69) is 6.58 Å². The van der Waals surface area contributed by atoms with Gasteiger partial charge in [-0.05, 0) is 50.2 Å². The Balaban J connectivity index is 2.30. The smallest absolute Gasteiger partial charge is 0.334 e. The highest BCUT2D eigenvalue weighted by atomic mass is 16.5. The third-order valence-corrected chi connectivity index (χ3v) is 5.29. The zero-order valence-corrected chi connectivity index (χ0v) is 15.4. The van der Waals surface area contributed by atoms with E-state index in [0.29, 0.717) is 43.3 Å². The van der Waals surface area contributed by atoms with E-state index >= 15 is 0 Å². The van der Waals surface area contributed by atoms with Crippen molar-refractivity contribution in [3.05, 3.63) is 36.0 Å². The summed E-state index contributed by atoms with van der Waals surface area (Å²) < 4.78 is 5.34. The molecule has 0 saturated heterocycles. The number of ether oxygens (including phenoxy) is 1. The molecule has 0 unspecified atom stereocenters. The van der Waals surface area contributed by atoms with E-state index in [0.717, 1.165) is 0 Å². The number of carbonyl (C=O) groups is 1. The van der Waals surface area contributed by atoms with E-state index in [1.165, 1.54) is 0 Å². The third-order valence-electron chi connectivity index (χ3n) is 5.29. The SMILES string of the molecule is C=C1C[C@H]2C=C(CC[C@](O)(C(C)C)/C=C/[C@@](C)(O)CC[C@H]1O)C(=O)O2. The summed E-state index contributed by atoms with van der Waals surface area (Å²) in [7, 11) is 0. The van der Waals surface area contributed by atoms with Crippen LogP contribution in [0.15, 0.2) is 36.0 Å². The number of aliphatic hydroxyl groups excluding tert-OH is 1. The fraction of sp³-hybridized carbons (Fsp3) is 0.650. The molecule has 5 heteroatoms. The van der Waals surface area contributed by atoms with E-state index in [4.69, 9.17) is 4.74 Å². The molecule has 4 atom stereocenters. The molecule has 3 N–H and O–H groups in total. The predicted molar refractivity (Wildman–Crippen MR) is 95.7 cm³/mol. The van der Waals surface area contributed by atoms with Crippen LogP contribution in [0.25, 0.3) is 0 Å². The molecule has 5 nitrogen and oxygen atoms in total. The highest BCUT2D eigenvalue weighted by Crippen LogP contribution is 2.32. The third kappa shape index (κ3) is 5.03. The van der Waals surface area contributed by atoms with Gasteiger partial charge in [0.2, 0.25) is 0 Å². The van der Waals surface area contributed by atoms with Crippen molar-refractivity contribution in [2.75, 3.05) is 0 Å². The lowest BCUT2D eigenvalue weighted by atomic mass is 9.82. The summed E-state index contributed by atoms with van der Waals surface area (Å²) in [5.41, 5.74) is -1.14. The molecule has 1 heterocycles. The van der Waals surface area contributed by atoms with Gasteiger partial charge in [-0.2, -0.15) is 0 Å². The highest BCUT2D eigenvalue weighted by Gasteiger charge is 2.33. The number of rotatable bonds is 1. The van der Waals surface area contributed by atoms with Crippen molar-refractivity contribution in [1.82, 2.24) is 0 Å². The van der Waals surface area contributed by atoms with Crippen LogP contribution in [0, 0.1) is 5.92 Å². The maximum absolute atomic E-state index is 12.0. The van der Waals surface area contributed by atoms with Crippen LogP contribution in [0.5, 0.6) is 0 Å². The van der Waals surface area contributed by atoms with Gasteiger partial charge in [-0.25, -0.2) is 4.79 Å². The van der Waals surface area contributed by atoms with E-state index in [1.54, 1.807) is 25.2 Å². The molecule has 0 aromatic rings. The van der Waals surface area contributed by atoms with Crippen molar-refractivity contribution in [2.24, 2.45) is 5.92 Å². The van der Waals surface area contributed by atoms with E-state index in [-0.39, 0.29) is 11.9 Å². The quantitative estimate of drug-likeness (QED) is 0.499. The lowest BCUT2D eigenvalue weighted by molar-refractivity contribution is -0.139. The number of carbonyl (C=O) groups excluding carboxylic acids is 1. The van der Waals surface area contributed by atoms with Crippen LogP contribution in [0.3, 0.4) is 0 Å². The molecule has 0 amide bonds. The van der Waals surface area contributed by atoms with E-state index in [9.17, 15) is 20.1 Å². The van der Waals surface area contributed by atoms with Crippen LogP contribution < -0.4 is 0 Å². The van der Waals surface area contributed by atoms with Gasteiger partial charge in [0.15, 0.2) is 0 Å². The number of esters is 1. The molecule has 0 radical (unpaired) electrons. The second-order valence-electron chi connectivity index (χ2n) is 7.89. The summed E-state index contributed by atoms with van der Waals surface area (Å²) in [5, 5.41) is 31.7. The van der Waals surface area contributed by atoms with E-state index in [1.807, 2.05) is 13.8 Å². The Morgan fingerprint density at radius 1 is 1.28 bits per heavy atom. The zero-order valence-electron chi connectivity index (χ0n) is 15.4. The fourth-order valence-corrected chi connectivity index (χ4v) is 3.16. The minimum absolute atomic E-state index is 0.0772. The van der Waals surface area contributed by atoms with Gasteiger partial charge >= 0.3 is 5.97 Å². The largest absolute Gasteiger partial charge is 0.454 e. The maximum atomic E-state index is 12.0. The van der Waals surface area contributed by atoms with Crippen molar-refractivity contribution in [3.8, 4) is 0 Å². The number of hydrogen-bond donors (Lipinski definition) is 3. The van der Waals surface area contributed by atoms with Gasteiger partial charge in [0.25, 0.3) is 0 Å². The Morgan fingerprint density at radius 2 is 1.96 bits per heavy atom. The topological polar surface area (TPSA) is 87.0 Å². The minimum Gasteiger partial charge on any atom is -0.454 e. The van der Waals surface area contributed by atoms with Crippen molar-refractivity contribution in [2.45, 2.75) is 76.3 Å². The second-order valence-corrected chi connectivity index (χ2v) is 7.89. The summed E-state index contributed by atoms with van der Waals surface area (Å²) >= 11 is 0. The Morgan fingerprint density at radius 3 is 2.60 bits per heavy atom. The van der Waals surface area contributed by atoms with Gasteiger partial charge in [-0.15, -0.1) is 0 Å². The number of fused-ring (bicyclic) bond motifs is 1. The lowest BCUT2D eigenvalue weighted by Gasteiger charge is -2.31. The summed E-state index contributed by atoms with van der Waals surface area (Å²) in [5.74, 6) is -0.448. The summed E-state index contributed by atoms with van der Waals surface area (Å²) in [6, 6.07) is 0. The molecule has 140 valence electrons.